The smallest absolute Gasteiger partial charge is 0.320 e. The lowest BCUT2D eigenvalue weighted by Crippen LogP contribution is -2.16. The molecule has 0 atom stereocenters. The van der Waals surface area contributed by atoms with Crippen molar-refractivity contribution in [1.29, 1.82) is 0 Å². The van der Waals surface area contributed by atoms with Crippen LogP contribution in [0.25, 0.3) is 0 Å². The summed E-state index contributed by atoms with van der Waals surface area (Å²) < 4.78 is 7.62. The summed E-state index contributed by atoms with van der Waals surface area (Å²) in [5.41, 5.74) is 6.01. The number of carbonyl (C=O) groups excluding carboxylic acids is 1. The molecule has 0 aliphatic rings. The Kier molecular flexibility index (Phi) is 5.25. The lowest BCUT2D eigenvalue weighted by atomic mass is 10.2. The van der Waals surface area contributed by atoms with Gasteiger partial charge in [0.1, 0.15) is 6.61 Å². The highest BCUT2D eigenvalue weighted by Crippen LogP contribution is 2.30. The first-order valence-electron chi connectivity index (χ1n) is 4.03. The zero-order valence-corrected chi connectivity index (χ0v) is 12.4. The number of nitrogens with two attached hydrogens (primary N) is 1. The topological polar surface area (TPSA) is 52.3 Å². The molecule has 0 aliphatic carbocycles. The molecule has 0 saturated carbocycles. The predicted molar refractivity (Wildman–Crippen MR) is 68.4 cm³/mol. The molecule has 82 valence electrons. The summed E-state index contributed by atoms with van der Waals surface area (Å²) in [5, 5.41) is 0. The highest BCUT2D eigenvalue weighted by Gasteiger charge is 2.09. The molecule has 0 amide bonds. The largest absolute Gasteiger partial charge is 0.460 e. The SMILES string of the molecule is NCC(=O)OCc1c(Br)cc(Br)cc1Br. The van der Waals surface area contributed by atoms with Crippen molar-refractivity contribution in [2.45, 2.75) is 6.61 Å². The van der Waals surface area contributed by atoms with Crippen molar-refractivity contribution >= 4 is 53.8 Å². The molecule has 0 fully saturated rings. The molecule has 0 spiro atoms. The molecule has 1 aromatic rings. The Morgan fingerprint density at radius 2 is 1.80 bits per heavy atom. The minimum Gasteiger partial charge on any atom is -0.460 e. The van der Waals surface area contributed by atoms with E-state index in [1.54, 1.807) is 0 Å². The Morgan fingerprint density at radius 1 is 1.27 bits per heavy atom. The number of esters is 1. The molecule has 0 bridgehead atoms. The normalized spacial score (nSPS) is 10.1. The van der Waals surface area contributed by atoms with Gasteiger partial charge in [0, 0.05) is 19.0 Å². The first-order valence-corrected chi connectivity index (χ1v) is 6.41. The van der Waals surface area contributed by atoms with Gasteiger partial charge in [0.05, 0.1) is 6.54 Å². The van der Waals surface area contributed by atoms with Crippen LogP contribution >= 0.6 is 47.8 Å². The third-order valence-electron chi connectivity index (χ3n) is 1.65. The molecule has 0 aliphatic heterocycles. The highest BCUT2D eigenvalue weighted by atomic mass is 79.9. The molecule has 1 aromatic carbocycles. The zero-order valence-electron chi connectivity index (χ0n) is 7.60. The van der Waals surface area contributed by atoms with Gasteiger partial charge in [-0.15, -0.1) is 0 Å². The van der Waals surface area contributed by atoms with E-state index in [9.17, 15) is 4.79 Å². The zero-order chi connectivity index (χ0) is 11.4. The number of carbonyl (C=O) groups is 1. The van der Waals surface area contributed by atoms with Gasteiger partial charge in [0.15, 0.2) is 0 Å². The molecule has 0 unspecified atom stereocenters. The van der Waals surface area contributed by atoms with E-state index in [4.69, 9.17) is 10.5 Å². The number of hydrogen-bond acceptors (Lipinski definition) is 3. The maximum absolute atomic E-state index is 10.9. The van der Waals surface area contributed by atoms with E-state index in [0.717, 1.165) is 19.0 Å². The minimum absolute atomic E-state index is 0.105. The number of benzene rings is 1. The number of hydrogen-bond donors (Lipinski definition) is 1. The van der Waals surface area contributed by atoms with Crippen LogP contribution in [0.4, 0.5) is 0 Å². The summed E-state index contributed by atoms with van der Waals surface area (Å²) in [4.78, 5) is 10.9. The fraction of sp³-hybridized carbons (Fsp3) is 0.222. The van der Waals surface area contributed by atoms with Crippen LogP contribution in [-0.4, -0.2) is 12.5 Å². The van der Waals surface area contributed by atoms with E-state index in [0.29, 0.717) is 0 Å². The Balaban J connectivity index is 2.81. The van der Waals surface area contributed by atoms with Gasteiger partial charge in [-0.05, 0) is 12.1 Å². The Bertz CT molecular complexity index is 359. The molecule has 3 nitrogen and oxygen atoms in total. The standard InChI is InChI=1S/C9H8Br3NO2/c10-5-1-7(11)6(8(12)2-5)4-15-9(14)3-13/h1-2H,3-4,13H2. The van der Waals surface area contributed by atoms with Crippen LogP contribution in [0.2, 0.25) is 0 Å². The monoisotopic (exact) mass is 399 g/mol. The third-order valence-corrected chi connectivity index (χ3v) is 3.52. The second kappa shape index (κ2) is 5.98. The summed E-state index contributed by atoms with van der Waals surface area (Å²) >= 11 is 10.1. The molecule has 6 heteroatoms. The van der Waals surface area contributed by atoms with Crippen LogP contribution in [-0.2, 0) is 16.1 Å². The molecule has 0 radical (unpaired) electrons. The maximum Gasteiger partial charge on any atom is 0.320 e. The van der Waals surface area contributed by atoms with Gasteiger partial charge >= 0.3 is 5.97 Å². The third kappa shape index (κ3) is 3.86. The van der Waals surface area contributed by atoms with E-state index in [1.807, 2.05) is 12.1 Å². The Hall–Kier alpha value is 0.0900. The average molecular weight is 402 g/mol. The summed E-state index contributed by atoms with van der Waals surface area (Å²) in [6.45, 7) is 0.0935. The summed E-state index contributed by atoms with van der Waals surface area (Å²) in [6, 6.07) is 3.77. The fourth-order valence-electron chi connectivity index (χ4n) is 0.922. The number of ether oxygens (including phenoxy) is 1. The number of rotatable bonds is 3. The predicted octanol–water partition coefficient (Wildman–Crippen LogP) is 2.98. The highest BCUT2D eigenvalue weighted by molar-refractivity contribution is 9.11. The second-order valence-electron chi connectivity index (χ2n) is 2.71. The van der Waals surface area contributed by atoms with Crippen LogP contribution in [0.15, 0.2) is 25.6 Å². The van der Waals surface area contributed by atoms with Crippen LogP contribution in [0.1, 0.15) is 5.56 Å². The molecule has 1 rings (SSSR count). The molecule has 0 aromatic heterocycles. The van der Waals surface area contributed by atoms with Crippen molar-refractivity contribution in [3.63, 3.8) is 0 Å². The summed E-state index contributed by atoms with van der Waals surface area (Å²) in [6.07, 6.45) is 0. The van der Waals surface area contributed by atoms with Gasteiger partial charge in [-0.3, -0.25) is 4.79 Å². The molecule has 0 heterocycles. The van der Waals surface area contributed by atoms with Crippen LogP contribution in [0.3, 0.4) is 0 Å². The first-order chi connectivity index (χ1) is 7.04. The average Bonchev–Trinajstić information content (AvgIpc) is 2.15. The second-order valence-corrected chi connectivity index (χ2v) is 5.34. The number of halogens is 3. The van der Waals surface area contributed by atoms with Gasteiger partial charge in [-0.2, -0.15) is 0 Å². The fourth-order valence-corrected chi connectivity index (χ4v) is 3.41. The molecule has 0 saturated heterocycles. The van der Waals surface area contributed by atoms with Crippen molar-refractivity contribution in [3.8, 4) is 0 Å². The Labute approximate surface area is 113 Å². The minimum atomic E-state index is -0.420. The van der Waals surface area contributed by atoms with Gasteiger partial charge in [0.25, 0.3) is 0 Å². The van der Waals surface area contributed by atoms with Gasteiger partial charge < -0.3 is 10.5 Å². The van der Waals surface area contributed by atoms with Gasteiger partial charge in [0.2, 0.25) is 0 Å². The van der Waals surface area contributed by atoms with E-state index < -0.39 is 5.97 Å². The van der Waals surface area contributed by atoms with Gasteiger partial charge in [-0.1, -0.05) is 47.8 Å². The van der Waals surface area contributed by atoms with E-state index in [-0.39, 0.29) is 13.2 Å². The first kappa shape index (κ1) is 13.2. The summed E-state index contributed by atoms with van der Waals surface area (Å²) in [5.74, 6) is -0.420. The van der Waals surface area contributed by atoms with Crippen molar-refractivity contribution in [2.24, 2.45) is 5.73 Å². The molecular formula is C9H8Br3NO2. The lowest BCUT2D eigenvalue weighted by Gasteiger charge is -2.08. The van der Waals surface area contributed by atoms with E-state index >= 15 is 0 Å². The summed E-state index contributed by atoms with van der Waals surface area (Å²) in [7, 11) is 0. The van der Waals surface area contributed by atoms with E-state index in [1.165, 1.54) is 0 Å². The van der Waals surface area contributed by atoms with Crippen molar-refractivity contribution in [2.75, 3.05) is 6.54 Å². The van der Waals surface area contributed by atoms with Crippen LogP contribution in [0, 0.1) is 0 Å². The van der Waals surface area contributed by atoms with Crippen LogP contribution in [0.5, 0.6) is 0 Å². The van der Waals surface area contributed by atoms with Crippen molar-refractivity contribution in [3.05, 3.63) is 31.1 Å². The molecule has 2 N–H and O–H groups in total. The van der Waals surface area contributed by atoms with E-state index in [2.05, 4.69) is 47.8 Å². The van der Waals surface area contributed by atoms with Crippen LogP contribution < -0.4 is 5.73 Å². The molecule has 15 heavy (non-hydrogen) atoms. The molecular weight excluding hydrogens is 394 g/mol. The van der Waals surface area contributed by atoms with Crippen molar-refractivity contribution in [1.82, 2.24) is 0 Å². The quantitative estimate of drug-likeness (QED) is 0.792. The Morgan fingerprint density at radius 3 is 2.27 bits per heavy atom. The maximum atomic E-state index is 10.9. The lowest BCUT2D eigenvalue weighted by molar-refractivity contribution is -0.143. The van der Waals surface area contributed by atoms with Crippen molar-refractivity contribution < 1.29 is 9.53 Å². The van der Waals surface area contributed by atoms with Gasteiger partial charge in [-0.25, -0.2) is 0 Å².